The van der Waals surface area contributed by atoms with Crippen molar-refractivity contribution in [2.45, 2.75) is 46.2 Å². The summed E-state index contributed by atoms with van der Waals surface area (Å²) in [5.74, 6) is 0.856. The smallest absolute Gasteiger partial charge is 0.191 e. The van der Waals surface area contributed by atoms with Crippen LogP contribution in [0, 0.1) is 0 Å². The van der Waals surface area contributed by atoms with Crippen molar-refractivity contribution in [2.24, 2.45) is 4.99 Å². The Morgan fingerprint density at radius 1 is 1.08 bits per heavy atom. The predicted molar refractivity (Wildman–Crippen MR) is 105 cm³/mol. The molecule has 0 spiro atoms. The molecule has 0 bridgehead atoms. The Labute approximate surface area is 152 Å². The standard InChI is InChI=1S/C20H34N4O/c1-3-21-20(22-12-15-25-4-2)23-16-18-10-6-7-11-19(18)17-24-13-8-5-9-14-24/h6-7,10-11H,3-5,8-9,12-17H2,1-2H3,(H2,21,22,23). The fourth-order valence-corrected chi connectivity index (χ4v) is 3.12. The van der Waals surface area contributed by atoms with Crippen molar-refractivity contribution in [3.8, 4) is 0 Å². The molecule has 0 amide bonds. The number of likely N-dealkylation sites (tertiary alicyclic amines) is 1. The monoisotopic (exact) mass is 346 g/mol. The summed E-state index contributed by atoms with van der Waals surface area (Å²) in [6.07, 6.45) is 4.03. The van der Waals surface area contributed by atoms with E-state index in [1.165, 1.54) is 43.5 Å². The van der Waals surface area contributed by atoms with Crippen molar-refractivity contribution in [1.82, 2.24) is 15.5 Å². The van der Waals surface area contributed by atoms with Gasteiger partial charge in [-0.15, -0.1) is 0 Å². The fraction of sp³-hybridized carbons (Fsp3) is 0.650. The summed E-state index contributed by atoms with van der Waals surface area (Å²) < 4.78 is 5.38. The topological polar surface area (TPSA) is 48.9 Å². The molecule has 25 heavy (non-hydrogen) atoms. The van der Waals surface area contributed by atoms with Gasteiger partial charge in [-0.05, 0) is 50.9 Å². The summed E-state index contributed by atoms with van der Waals surface area (Å²) in [6.45, 7) is 11.4. The molecule has 0 saturated carbocycles. The normalized spacial score (nSPS) is 16.0. The summed E-state index contributed by atoms with van der Waals surface area (Å²) in [7, 11) is 0. The number of hydrogen-bond donors (Lipinski definition) is 2. The van der Waals surface area contributed by atoms with Gasteiger partial charge in [-0.25, -0.2) is 4.99 Å². The summed E-state index contributed by atoms with van der Waals surface area (Å²) in [6, 6.07) is 8.69. The molecule has 0 aliphatic carbocycles. The van der Waals surface area contributed by atoms with E-state index < -0.39 is 0 Å². The lowest BCUT2D eigenvalue weighted by molar-refractivity contribution is 0.152. The molecule has 0 unspecified atom stereocenters. The minimum absolute atomic E-state index is 0.701. The predicted octanol–water partition coefficient (Wildman–Crippen LogP) is 2.76. The van der Waals surface area contributed by atoms with E-state index in [9.17, 15) is 0 Å². The second-order valence-electron chi connectivity index (χ2n) is 6.42. The van der Waals surface area contributed by atoms with Crippen LogP contribution in [0.2, 0.25) is 0 Å². The zero-order chi connectivity index (χ0) is 17.7. The highest BCUT2D eigenvalue weighted by molar-refractivity contribution is 5.79. The Kier molecular flexibility index (Phi) is 9.37. The van der Waals surface area contributed by atoms with Gasteiger partial charge in [0.25, 0.3) is 0 Å². The maximum Gasteiger partial charge on any atom is 0.191 e. The molecular weight excluding hydrogens is 312 g/mol. The second-order valence-corrected chi connectivity index (χ2v) is 6.42. The van der Waals surface area contributed by atoms with Crippen molar-refractivity contribution in [1.29, 1.82) is 0 Å². The molecule has 1 aromatic rings. The Morgan fingerprint density at radius 3 is 2.56 bits per heavy atom. The van der Waals surface area contributed by atoms with Gasteiger partial charge < -0.3 is 15.4 Å². The van der Waals surface area contributed by atoms with Crippen LogP contribution in [0.25, 0.3) is 0 Å². The van der Waals surface area contributed by atoms with Crippen LogP contribution in [0.5, 0.6) is 0 Å². The van der Waals surface area contributed by atoms with Crippen molar-refractivity contribution in [3.05, 3.63) is 35.4 Å². The molecule has 0 aromatic heterocycles. The van der Waals surface area contributed by atoms with E-state index in [2.05, 4.69) is 46.7 Å². The van der Waals surface area contributed by atoms with Crippen LogP contribution in [0.1, 0.15) is 44.2 Å². The lowest BCUT2D eigenvalue weighted by atomic mass is 10.1. The number of nitrogens with zero attached hydrogens (tertiary/aromatic N) is 2. The average molecular weight is 347 g/mol. The zero-order valence-electron chi connectivity index (χ0n) is 15.9. The SMILES string of the molecule is CCNC(=NCc1ccccc1CN1CCCCC1)NCCOCC. The van der Waals surface area contributed by atoms with Gasteiger partial charge in [-0.2, -0.15) is 0 Å². The first-order valence-corrected chi connectivity index (χ1v) is 9.72. The number of ether oxygens (including phenoxy) is 1. The molecule has 0 atom stereocenters. The van der Waals surface area contributed by atoms with Gasteiger partial charge in [0.1, 0.15) is 0 Å². The molecule has 2 N–H and O–H groups in total. The van der Waals surface area contributed by atoms with Crippen molar-refractivity contribution < 1.29 is 4.74 Å². The third-order valence-electron chi connectivity index (χ3n) is 4.46. The Bertz CT molecular complexity index is 512. The molecule has 5 heteroatoms. The van der Waals surface area contributed by atoms with E-state index in [4.69, 9.17) is 9.73 Å². The highest BCUT2D eigenvalue weighted by Gasteiger charge is 2.12. The van der Waals surface area contributed by atoms with E-state index in [1.54, 1.807) is 0 Å². The lowest BCUT2D eigenvalue weighted by Crippen LogP contribution is -2.39. The van der Waals surface area contributed by atoms with Crippen molar-refractivity contribution in [2.75, 3.05) is 39.4 Å². The first-order chi connectivity index (χ1) is 12.3. The number of rotatable bonds is 9. The Balaban J connectivity index is 1.94. The van der Waals surface area contributed by atoms with Gasteiger partial charge in [0.15, 0.2) is 5.96 Å². The van der Waals surface area contributed by atoms with Crippen LogP contribution in [0.15, 0.2) is 29.3 Å². The summed E-state index contributed by atoms with van der Waals surface area (Å²) in [4.78, 5) is 7.32. The van der Waals surface area contributed by atoms with E-state index in [1.807, 2.05) is 6.92 Å². The molecule has 140 valence electrons. The molecular formula is C20H34N4O. The van der Waals surface area contributed by atoms with E-state index in [0.29, 0.717) is 13.2 Å². The van der Waals surface area contributed by atoms with E-state index in [0.717, 1.165) is 32.2 Å². The Morgan fingerprint density at radius 2 is 1.84 bits per heavy atom. The summed E-state index contributed by atoms with van der Waals surface area (Å²) >= 11 is 0. The highest BCUT2D eigenvalue weighted by Crippen LogP contribution is 2.16. The molecule has 1 fully saturated rings. The van der Waals surface area contributed by atoms with Crippen LogP contribution < -0.4 is 10.6 Å². The van der Waals surface area contributed by atoms with Gasteiger partial charge in [0.2, 0.25) is 0 Å². The highest BCUT2D eigenvalue weighted by atomic mass is 16.5. The van der Waals surface area contributed by atoms with Crippen LogP contribution >= 0.6 is 0 Å². The maximum absolute atomic E-state index is 5.38. The van der Waals surface area contributed by atoms with Gasteiger partial charge in [-0.3, -0.25) is 4.90 Å². The molecule has 0 radical (unpaired) electrons. The first-order valence-electron chi connectivity index (χ1n) is 9.72. The minimum atomic E-state index is 0.701. The average Bonchev–Trinajstić information content (AvgIpc) is 2.65. The fourth-order valence-electron chi connectivity index (χ4n) is 3.12. The quantitative estimate of drug-likeness (QED) is 0.410. The Hall–Kier alpha value is -1.59. The zero-order valence-corrected chi connectivity index (χ0v) is 15.9. The summed E-state index contributed by atoms with van der Waals surface area (Å²) in [5.41, 5.74) is 2.72. The number of aliphatic imine (C=N–C) groups is 1. The van der Waals surface area contributed by atoms with Crippen molar-refractivity contribution >= 4 is 5.96 Å². The first kappa shape index (κ1) is 19.7. The van der Waals surface area contributed by atoms with Gasteiger partial charge in [-0.1, -0.05) is 30.7 Å². The largest absolute Gasteiger partial charge is 0.380 e. The van der Waals surface area contributed by atoms with Crippen LogP contribution in [0.4, 0.5) is 0 Å². The third kappa shape index (κ3) is 7.45. The van der Waals surface area contributed by atoms with Crippen LogP contribution in [0.3, 0.4) is 0 Å². The molecule has 1 heterocycles. The number of benzene rings is 1. The van der Waals surface area contributed by atoms with Gasteiger partial charge in [0, 0.05) is 26.2 Å². The molecule has 1 aliphatic heterocycles. The van der Waals surface area contributed by atoms with Gasteiger partial charge >= 0.3 is 0 Å². The minimum Gasteiger partial charge on any atom is -0.380 e. The molecule has 1 aliphatic rings. The van der Waals surface area contributed by atoms with Crippen LogP contribution in [-0.2, 0) is 17.8 Å². The molecule has 5 nitrogen and oxygen atoms in total. The number of piperidine rings is 1. The van der Waals surface area contributed by atoms with Gasteiger partial charge in [0.05, 0.1) is 13.2 Å². The van der Waals surface area contributed by atoms with Crippen molar-refractivity contribution in [3.63, 3.8) is 0 Å². The van der Waals surface area contributed by atoms with E-state index >= 15 is 0 Å². The maximum atomic E-state index is 5.38. The second kappa shape index (κ2) is 11.9. The van der Waals surface area contributed by atoms with Crippen LogP contribution in [-0.4, -0.2) is 50.3 Å². The number of guanidine groups is 1. The molecule has 2 rings (SSSR count). The third-order valence-corrected chi connectivity index (χ3v) is 4.46. The number of hydrogen-bond acceptors (Lipinski definition) is 3. The summed E-state index contributed by atoms with van der Waals surface area (Å²) in [5, 5.41) is 6.63. The lowest BCUT2D eigenvalue weighted by Gasteiger charge is -2.27. The molecule has 1 aromatic carbocycles. The molecule has 1 saturated heterocycles. The number of nitrogens with one attached hydrogen (secondary N) is 2. The van der Waals surface area contributed by atoms with E-state index in [-0.39, 0.29) is 0 Å².